The van der Waals surface area contributed by atoms with Crippen molar-refractivity contribution in [3.05, 3.63) is 0 Å². The van der Waals surface area contributed by atoms with Gasteiger partial charge in [0, 0.05) is 0 Å². The van der Waals surface area contributed by atoms with Crippen LogP contribution in [0, 0.1) is 0 Å². The number of nitrogens with two attached hydrogens (primary N) is 2. The molecule has 4 atom stereocenters. The average molecular weight is 491 g/mol. The van der Waals surface area contributed by atoms with E-state index < -0.39 is 85.0 Å². The Morgan fingerprint density at radius 1 is 0.618 bits per heavy atom. The van der Waals surface area contributed by atoms with Crippen LogP contribution < -0.4 is 27.4 Å². The Labute approximate surface area is 193 Å². The fourth-order valence-electron chi connectivity index (χ4n) is 2.62. The zero-order valence-corrected chi connectivity index (χ0v) is 18.1. The Balaban J connectivity index is 5.50. The highest BCUT2D eigenvalue weighted by Crippen LogP contribution is 2.04. The molecule has 4 unspecified atom stereocenters. The molecule has 34 heavy (non-hydrogen) atoms. The second kappa shape index (κ2) is 15.1. The molecular formula is C18H29N5O11. The van der Waals surface area contributed by atoms with E-state index in [9.17, 15) is 38.7 Å². The lowest BCUT2D eigenvalue weighted by Crippen LogP contribution is -2.58. The third-order valence-corrected chi connectivity index (χ3v) is 4.32. The minimum atomic E-state index is -1.84. The first kappa shape index (κ1) is 30.2. The smallest absolute Gasteiger partial charge is 0.326 e. The predicted molar refractivity (Wildman–Crippen MR) is 111 cm³/mol. The molecule has 0 aromatic heterocycles. The third-order valence-electron chi connectivity index (χ3n) is 4.32. The molecule has 16 nitrogen and oxygen atoms in total. The fourth-order valence-corrected chi connectivity index (χ4v) is 2.62. The fraction of sp³-hybridized carbons (Fsp3) is 0.611. The highest BCUT2D eigenvalue weighted by molar-refractivity contribution is 5.97. The summed E-state index contributed by atoms with van der Waals surface area (Å²) in [5, 5.41) is 42.0. The van der Waals surface area contributed by atoms with E-state index in [4.69, 9.17) is 26.8 Å². The zero-order valence-electron chi connectivity index (χ0n) is 18.1. The van der Waals surface area contributed by atoms with Crippen LogP contribution in [-0.4, -0.2) is 92.7 Å². The molecule has 0 rings (SSSR count). The number of carbonyl (C=O) groups excluding carboxylic acids is 3. The molecule has 0 aliphatic rings. The van der Waals surface area contributed by atoms with Crippen molar-refractivity contribution in [1.29, 1.82) is 0 Å². The van der Waals surface area contributed by atoms with Crippen molar-refractivity contribution in [2.75, 3.05) is 6.54 Å². The quantitative estimate of drug-likeness (QED) is 0.0890. The van der Waals surface area contributed by atoms with Gasteiger partial charge in [0.2, 0.25) is 17.7 Å². The van der Waals surface area contributed by atoms with Crippen molar-refractivity contribution in [1.82, 2.24) is 16.0 Å². The molecule has 0 bridgehead atoms. The van der Waals surface area contributed by atoms with Crippen molar-refractivity contribution in [2.45, 2.75) is 62.7 Å². The van der Waals surface area contributed by atoms with Gasteiger partial charge < -0.3 is 47.8 Å². The standard InChI is InChI=1S/C18H29N5O11/c19-4-2-1-3-9(18(33)34)21-16(31)11(7-14(28)29)23-17(32)10(6-13(26)27)22-15(30)8(20)5-12(24)25/h8-11H,1-7,19-20H2,(H,21,31)(H,22,30)(H,23,32)(H,24,25)(H,26,27)(H,28,29)(H,33,34). The van der Waals surface area contributed by atoms with Gasteiger partial charge in [-0.05, 0) is 25.8 Å². The van der Waals surface area contributed by atoms with E-state index in [1.807, 2.05) is 10.6 Å². The van der Waals surface area contributed by atoms with Crippen LogP contribution in [0.15, 0.2) is 0 Å². The second-order valence-corrected chi connectivity index (χ2v) is 7.21. The van der Waals surface area contributed by atoms with Gasteiger partial charge in [-0.1, -0.05) is 0 Å². The molecule has 16 heteroatoms. The summed E-state index contributed by atoms with van der Waals surface area (Å²) < 4.78 is 0. The molecule has 0 aliphatic carbocycles. The molecule has 0 saturated heterocycles. The number of amides is 3. The van der Waals surface area contributed by atoms with Crippen LogP contribution >= 0.6 is 0 Å². The summed E-state index contributed by atoms with van der Waals surface area (Å²) in [4.78, 5) is 81.3. The summed E-state index contributed by atoms with van der Waals surface area (Å²) in [7, 11) is 0. The number of carbonyl (C=O) groups is 7. The van der Waals surface area contributed by atoms with Crippen molar-refractivity contribution in [2.24, 2.45) is 11.5 Å². The maximum Gasteiger partial charge on any atom is 0.326 e. The van der Waals surface area contributed by atoms with Gasteiger partial charge in [-0.15, -0.1) is 0 Å². The maximum absolute atomic E-state index is 12.5. The number of unbranched alkanes of at least 4 members (excludes halogenated alkanes) is 1. The molecule has 3 amide bonds. The Morgan fingerprint density at radius 3 is 1.41 bits per heavy atom. The summed E-state index contributed by atoms with van der Waals surface area (Å²) in [6.45, 7) is 0.283. The summed E-state index contributed by atoms with van der Waals surface area (Å²) in [6, 6.07) is -6.68. The number of rotatable bonds is 17. The van der Waals surface area contributed by atoms with Crippen molar-refractivity contribution in [3.8, 4) is 0 Å². The minimum Gasteiger partial charge on any atom is -0.481 e. The number of carboxylic acid groups (broad SMARTS) is 4. The summed E-state index contributed by atoms with van der Waals surface area (Å²) in [6.07, 6.45) is -2.03. The minimum absolute atomic E-state index is 0.0226. The van der Waals surface area contributed by atoms with E-state index in [0.29, 0.717) is 12.8 Å². The monoisotopic (exact) mass is 491 g/mol. The Hall–Kier alpha value is -3.79. The predicted octanol–water partition coefficient (Wildman–Crippen LogP) is -3.59. The Kier molecular flexibility index (Phi) is 13.4. The van der Waals surface area contributed by atoms with Crippen LogP contribution in [0.5, 0.6) is 0 Å². The molecule has 0 aliphatic heterocycles. The van der Waals surface area contributed by atoms with E-state index in [0.717, 1.165) is 0 Å². The average Bonchev–Trinajstić information content (AvgIpc) is 2.70. The lowest BCUT2D eigenvalue weighted by atomic mass is 10.1. The first-order chi connectivity index (χ1) is 15.8. The number of hydrogen-bond donors (Lipinski definition) is 9. The first-order valence-corrected chi connectivity index (χ1v) is 10.0. The molecule has 0 fully saturated rings. The van der Waals surface area contributed by atoms with Gasteiger partial charge in [0.1, 0.15) is 18.1 Å². The Bertz CT molecular complexity index is 788. The molecule has 11 N–H and O–H groups in total. The normalized spacial score (nSPS) is 14.1. The SMILES string of the molecule is NCCCCC(NC(=O)C(CC(=O)O)NC(=O)C(CC(=O)O)NC(=O)C(N)CC(=O)O)C(=O)O. The topological polar surface area (TPSA) is 289 Å². The van der Waals surface area contributed by atoms with E-state index in [1.54, 1.807) is 0 Å². The summed E-state index contributed by atoms with van der Waals surface area (Å²) in [5.74, 6) is -9.56. The highest BCUT2D eigenvalue weighted by atomic mass is 16.4. The number of aliphatic carboxylic acids is 4. The van der Waals surface area contributed by atoms with E-state index in [-0.39, 0.29) is 13.0 Å². The molecule has 0 aromatic rings. The highest BCUT2D eigenvalue weighted by Gasteiger charge is 2.32. The molecule has 0 spiro atoms. The van der Waals surface area contributed by atoms with E-state index in [2.05, 4.69) is 5.32 Å². The van der Waals surface area contributed by atoms with Crippen LogP contribution in [0.3, 0.4) is 0 Å². The summed E-state index contributed by atoms with van der Waals surface area (Å²) >= 11 is 0. The van der Waals surface area contributed by atoms with Crippen molar-refractivity contribution in [3.63, 3.8) is 0 Å². The molecule has 192 valence electrons. The molecule has 0 heterocycles. The van der Waals surface area contributed by atoms with Gasteiger partial charge in [-0.2, -0.15) is 0 Å². The van der Waals surface area contributed by atoms with Crippen LogP contribution in [0.25, 0.3) is 0 Å². The van der Waals surface area contributed by atoms with Crippen LogP contribution in [0.2, 0.25) is 0 Å². The number of carboxylic acids is 4. The van der Waals surface area contributed by atoms with E-state index >= 15 is 0 Å². The zero-order chi connectivity index (χ0) is 26.4. The lowest BCUT2D eigenvalue weighted by Gasteiger charge is -2.23. The summed E-state index contributed by atoms with van der Waals surface area (Å²) in [5.41, 5.74) is 10.7. The number of nitrogens with one attached hydrogen (secondary N) is 3. The lowest BCUT2D eigenvalue weighted by molar-refractivity contribution is -0.145. The van der Waals surface area contributed by atoms with Crippen molar-refractivity contribution < 1.29 is 54.0 Å². The van der Waals surface area contributed by atoms with Gasteiger partial charge in [0.25, 0.3) is 0 Å². The largest absolute Gasteiger partial charge is 0.481 e. The van der Waals surface area contributed by atoms with Crippen LogP contribution in [0.4, 0.5) is 0 Å². The molecule has 0 radical (unpaired) electrons. The van der Waals surface area contributed by atoms with Crippen molar-refractivity contribution >= 4 is 41.6 Å². The molecule has 0 saturated carbocycles. The number of hydrogen-bond acceptors (Lipinski definition) is 9. The first-order valence-electron chi connectivity index (χ1n) is 10.0. The molecule has 0 aromatic carbocycles. The third kappa shape index (κ3) is 12.3. The van der Waals surface area contributed by atoms with Gasteiger partial charge in [0.05, 0.1) is 25.3 Å². The van der Waals surface area contributed by atoms with Gasteiger partial charge in [0.15, 0.2) is 0 Å². The maximum atomic E-state index is 12.5. The van der Waals surface area contributed by atoms with Crippen LogP contribution in [0.1, 0.15) is 38.5 Å². The van der Waals surface area contributed by atoms with Gasteiger partial charge in [-0.3, -0.25) is 28.8 Å². The Morgan fingerprint density at radius 2 is 1.03 bits per heavy atom. The van der Waals surface area contributed by atoms with E-state index in [1.165, 1.54) is 0 Å². The van der Waals surface area contributed by atoms with Gasteiger partial charge >= 0.3 is 23.9 Å². The molecular weight excluding hydrogens is 462 g/mol. The van der Waals surface area contributed by atoms with Gasteiger partial charge in [-0.25, -0.2) is 4.79 Å². The second-order valence-electron chi connectivity index (χ2n) is 7.21. The van der Waals surface area contributed by atoms with Crippen LogP contribution in [-0.2, 0) is 33.6 Å².